The highest BCUT2D eigenvalue weighted by molar-refractivity contribution is 8.00. The predicted molar refractivity (Wildman–Crippen MR) is 119 cm³/mol. The summed E-state index contributed by atoms with van der Waals surface area (Å²) < 4.78 is 11.9. The van der Waals surface area contributed by atoms with E-state index in [1.165, 1.54) is 4.68 Å². The van der Waals surface area contributed by atoms with E-state index >= 15 is 0 Å². The van der Waals surface area contributed by atoms with Crippen LogP contribution in [-0.4, -0.2) is 40.3 Å². The number of carbonyl (C=O) groups excluding carboxylic acids is 1. The van der Waals surface area contributed by atoms with Gasteiger partial charge in [-0.3, -0.25) is 4.79 Å². The number of nitrogens with two attached hydrogens (primary N) is 1. The zero-order valence-electron chi connectivity index (χ0n) is 16.3. The molecule has 1 atom stereocenters. The Labute approximate surface area is 187 Å². The van der Waals surface area contributed by atoms with Gasteiger partial charge in [-0.05, 0) is 37.3 Å². The maximum absolute atomic E-state index is 12.6. The van der Waals surface area contributed by atoms with Crippen LogP contribution in [-0.2, 0) is 4.79 Å². The maximum atomic E-state index is 12.6. The molecule has 0 aliphatic heterocycles. The van der Waals surface area contributed by atoms with Gasteiger partial charge in [0.25, 0.3) is 0 Å². The zero-order valence-corrected chi connectivity index (χ0v) is 18.7. The Morgan fingerprint density at radius 3 is 2.60 bits per heavy atom. The summed E-state index contributed by atoms with van der Waals surface area (Å²) in [5.74, 6) is 7.44. The number of ether oxygens (including phenoxy) is 2. The van der Waals surface area contributed by atoms with E-state index in [2.05, 4.69) is 15.5 Å². The fraction of sp³-hybridized carbons (Fsp3) is 0.211. The molecule has 1 amide bonds. The lowest BCUT2D eigenvalue weighted by Crippen LogP contribution is -2.23. The number of nitrogen functional groups attached to an aromatic ring is 1. The number of hydrogen-bond acceptors (Lipinski definition) is 7. The van der Waals surface area contributed by atoms with Gasteiger partial charge in [0.1, 0.15) is 0 Å². The van der Waals surface area contributed by atoms with Gasteiger partial charge in [0, 0.05) is 5.56 Å². The van der Waals surface area contributed by atoms with E-state index in [1.807, 2.05) is 0 Å². The Morgan fingerprint density at radius 2 is 1.90 bits per heavy atom. The minimum absolute atomic E-state index is 0.278. The van der Waals surface area contributed by atoms with Crippen LogP contribution in [0.15, 0.2) is 41.6 Å². The smallest absolute Gasteiger partial charge is 0.237 e. The minimum Gasteiger partial charge on any atom is -0.493 e. The number of hydrogen-bond donors (Lipinski definition) is 2. The molecule has 11 heteroatoms. The van der Waals surface area contributed by atoms with Crippen LogP contribution in [0, 0.1) is 0 Å². The molecular weight excluding hydrogens is 449 g/mol. The molecule has 0 aliphatic rings. The predicted octanol–water partition coefficient (Wildman–Crippen LogP) is 4.10. The van der Waals surface area contributed by atoms with Crippen LogP contribution >= 0.6 is 35.0 Å². The number of carbonyl (C=O) groups is 1. The third kappa shape index (κ3) is 4.58. The summed E-state index contributed by atoms with van der Waals surface area (Å²) in [4.78, 5) is 12.6. The average molecular weight is 468 g/mol. The molecule has 0 bridgehead atoms. The van der Waals surface area contributed by atoms with Gasteiger partial charge in [0.15, 0.2) is 17.3 Å². The van der Waals surface area contributed by atoms with Crippen LogP contribution in [0.1, 0.15) is 6.92 Å². The van der Waals surface area contributed by atoms with E-state index in [0.717, 1.165) is 11.8 Å². The lowest BCUT2D eigenvalue weighted by atomic mass is 10.2. The summed E-state index contributed by atoms with van der Waals surface area (Å²) in [5.41, 5.74) is 1.12. The van der Waals surface area contributed by atoms with E-state index in [0.29, 0.717) is 38.8 Å². The molecule has 0 aliphatic carbocycles. The minimum atomic E-state index is -0.523. The van der Waals surface area contributed by atoms with Gasteiger partial charge < -0.3 is 20.6 Å². The number of nitrogens with zero attached hydrogens (tertiary/aromatic N) is 3. The maximum Gasteiger partial charge on any atom is 0.237 e. The quantitative estimate of drug-likeness (QED) is 0.397. The Bertz CT molecular complexity index is 1080. The van der Waals surface area contributed by atoms with Gasteiger partial charge in [-0.25, -0.2) is 4.68 Å². The molecule has 8 nitrogen and oxygen atoms in total. The third-order valence-corrected chi connectivity index (χ3v) is 6.04. The molecular formula is C19H19Cl2N5O3S. The normalized spacial score (nSPS) is 11.8. The fourth-order valence-electron chi connectivity index (χ4n) is 2.58. The van der Waals surface area contributed by atoms with Gasteiger partial charge >= 0.3 is 0 Å². The number of benzene rings is 2. The third-order valence-electron chi connectivity index (χ3n) is 4.17. The molecule has 158 valence electrons. The van der Waals surface area contributed by atoms with E-state index < -0.39 is 5.25 Å². The van der Waals surface area contributed by atoms with Crippen molar-refractivity contribution in [2.45, 2.75) is 17.3 Å². The number of methoxy groups -OCH3 is 2. The number of rotatable bonds is 7. The van der Waals surface area contributed by atoms with Gasteiger partial charge in [0.2, 0.25) is 11.1 Å². The molecule has 0 radical (unpaired) electrons. The van der Waals surface area contributed by atoms with Crippen LogP contribution in [0.5, 0.6) is 11.5 Å². The van der Waals surface area contributed by atoms with Crippen molar-refractivity contribution in [3.8, 4) is 22.9 Å². The first-order valence-electron chi connectivity index (χ1n) is 8.70. The van der Waals surface area contributed by atoms with Gasteiger partial charge in [-0.1, -0.05) is 41.0 Å². The molecule has 1 heterocycles. The lowest BCUT2D eigenvalue weighted by Gasteiger charge is -2.13. The van der Waals surface area contributed by atoms with Crippen molar-refractivity contribution in [3.63, 3.8) is 0 Å². The van der Waals surface area contributed by atoms with Crippen molar-refractivity contribution < 1.29 is 14.3 Å². The van der Waals surface area contributed by atoms with E-state index in [1.54, 1.807) is 57.5 Å². The van der Waals surface area contributed by atoms with Crippen molar-refractivity contribution in [2.75, 3.05) is 25.4 Å². The lowest BCUT2D eigenvalue weighted by molar-refractivity contribution is -0.115. The summed E-state index contributed by atoms with van der Waals surface area (Å²) in [6, 6.07) is 10.3. The Balaban J connectivity index is 1.76. The van der Waals surface area contributed by atoms with Crippen LogP contribution in [0.4, 0.5) is 5.69 Å². The molecule has 3 rings (SSSR count). The van der Waals surface area contributed by atoms with Crippen molar-refractivity contribution in [3.05, 3.63) is 46.4 Å². The average Bonchev–Trinajstić information content (AvgIpc) is 3.10. The van der Waals surface area contributed by atoms with E-state index in [-0.39, 0.29) is 10.9 Å². The standard InChI is InChI=1S/C19H19Cl2N5O3S/c1-10(18(27)23-13-6-4-5-12(20)16(13)21)30-19-25-24-17(26(19)22)11-7-8-14(28-2)15(9-11)29-3/h4-10H,22H2,1-3H3,(H,23,27). The summed E-state index contributed by atoms with van der Waals surface area (Å²) in [6.07, 6.45) is 0. The first-order valence-corrected chi connectivity index (χ1v) is 10.3. The Kier molecular flexibility index (Phi) is 6.96. The Morgan fingerprint density at radius 1 is 1.17 bits per heavy atom. The molecule has 3 N–H and O–H groups in total. The molecule has 0 fully saturated rings. The number of amides is 1. The van der Waals surface area contributed by atoms with Gasteiger partial charge in [-0.2, -0.15) is 0 Å². The second kappa shape index (κ2) is 9.46. The SMILES string of the molecule is COc1ccc(-c2nnc(SC(C)C(=O)Nc3cccc(Cl)c3Cl)n2N)cc1OC. The van der Waals surface area contributed by atoms with Gasteiger partial charge in [0.05, 0.1) is 35.2 Å². The van der Waals surface area contributed by atoms with Crippen molar-refractivity contribution in [1.82, 2.24) is 14.9 Å². The largest absolute Gasteiger partial charge is 0.493 e. The molecule has 0 saturated carbocycles. The van der Waals surface area contributed by atoms with Crippen molar-refractivity contribution in [1.29, 1.82) is 0 Å². The van der Waals surface area contributed by atoms with E-state index in [4.69, 9.17) is 38.5 Å². The second-order valence-corrected chi connectivity index (χ2v) is 8.19. The van der Waals surface area contributed by atoms with Crippen LogP contribution < -0.4 is 20.6 Å². The molecule has 3 aromatic rings. The first-order chi connectivity index (χ1) is 14.3. The molecule has 1 unspecified atom stereocenters. The monoisotopic (exact) mass is 467 g/mol. The Hall–Kier alpha value is -2.62. The highest BCUT2D eigenvalue weighted by atomic mass is 35.5. The number of aromatic nitrogens is 3. The summed E-state index contributed by atoms with van der Waals surface area (Å²) in [6.45, 7) is 1.73. The first kappa shape index (κ1) is 22.1. The molecule has 1 aromatic heterocycles. The number of anilines is 1. The zero-order chi connectivity index (χ0) is 21.8. The number of nitrogens with one attached hydrogen (secondary N) is 1. The molecule has 0 spiro atoms. The molecule has 30 heavy (non-hydrogen) atoms. The number of thioether (sulfide) groups is 1. The summed E-state index contributed by atoms with van der Waals surface area (Å²) >= 11 is 13.3. The van der Waals surface area contributed by atoms with Crippen LogP contribution in [0.2, 0.25) is 10.0 Å². The number of halogens is 2. The van der Waals surface area contributed by atoms with Crippen LogP contribution in [0.25, 0.3) is 11.4 Å². The fourth-order valence-corrected chi connectivity index (χ4v) is 3.69. The van der Waals surface area contributed by atoms with E-state index in [9.17, 15) is 4.79 Å². The van der Waals surface area contributed by atoms with Crippen molar-refractivity contribution in [2.24, 2.45) is 0 Å². The summed E-state index contributed by atoms with van der Waals surface area (Å²) in [7, 11) is 3.10. The summed E-state index contributed by atoms with van der Waals surface area (Å²) in [5, 5.41) is 11.5. The molecule has 2 aromatic carbocycles. The van der Waals surface area contributed by atoms with Gasteiger partial charge in [-0.15, -0.1) is 10.2 Å². The van der Waals surface area contributed by atoms with Crippen molar-refractivity contribution >= 4 is 46.6 Å². The second-order valence-electron chi connectivity index (χ2n) is 6.10. The topological polar surface area (TPSA) is 104 Å². The highest BCUT2D eigenvalue weighted by Crippen LogP contribution is 2.33. The highest BCUT2D eigenvalue weighted by Gasteiger charge is 2.21. The molecule has 0 saturated heterocycles. The van der Waals surface area contributed by atoms with Crippen LogP contribution in [0.3, 0.4) is 0 Å².